The van der Waals surface area contributed by atoms with Crippen molar-refractivity contribution < 1.29 is 9.72 Å². The van der Waals surface area contributed by atoms with Gasteiger partial charge in [-0.3, -0.25) is 14.9 Å². The van der Waals surface area contributed by atoms with Crippen LogP contribution in [0.4, 0.5) is 5.69 Å². The van der Waals surface area contributed by atoms with E-state index < -0.39 is 4.92 Å². The number of alkyl halides is 1. The van der Waals surface area contributed by atoms with Gasteiger partial charge in [0.2, 0.25) is 0 Å². The molecule has 0 fully saturated rings. The van der Waals surface area contributed by atoms with E-state index in [2.05, 4.69) is 21.2 Å². The highest BCUT2D eigenvalue weighted by atomic mass is 79.9. The highest BCUT2D eigenvalue weighted by Gasteiger charge is 2.21. The molecule has 0 aliphatic carbocycles. The summed E-state index contributed by atoms with van der Waals surface area (Å²) in [6.07, 6.45) is 1.80. The summed E-state index contributed by atoms with van der Waals surface area (Å²) in [7, 11) is 0. The summed E-state index contributed by atoms with van der Waals surface area (Å²) >= 11 is 3.30. The number of halogens is 1. The van der Waals surface area contributed by atoms with E-state index in [0.717, 1.165) is 18.2 Å². The maximum atomic E-state index is 11.9. The zero-order valence-corrected chi connectivity index (χ0v) is 11.7. The lowest BCUT2D eigenvalue weighted by Gasteiger charge is -2.07. The van der Waals surface area contributed by atoms with Crippen LogP contribution in [-0.4, -0.2) is 22.7 Å². The van der Waals surface area contributed by atoms with Gasteiger partial charge in [0, 0.05) is 17.9 Å². The molecule has 0 aromatic heterocycles. The van der Waals surface area contributed by atoms with Gasteiger partial charge in [0.1, 0.15) is 5.56 Å². The van der Waals surface area contributed by atoms with Gasteiger partial charge < -0.3 is 5.32 Å². The first-order chi connectivity index (χ1) is 8.57. The maximum absolute atomic E-state index is 11.9. The molecule has 5 nitrogen and oxygen atoms in total. The number of nitrogens with one attached hydrogen (secondary N) is 1. The van der Waals surface area contributed by atoms with Gasteiger partial charge in [-0.15, -0.1) is 0 Å². The first kappa shape index (κ1) is 14.6. The molecule has 0 heterocycles. The Morgan fingerprint density at radius 1 is 1.44 bits per heavy atom. The number of carbonyl (C=O) groups is 1. The van der Waals surface area contributed by atoms with Crippen LogP contribution >= 0.6 is 15.9 Å². The first-order valence-electron chi connectivity index (χ1n) is 5.66. The molecular formula is C12H15BrN2O3. The molecule has 0 radical (unpaired) electrons. The van der Waals surface area contributed by atoms with Crippen molar-refractivity contribution in [1.29, 1.82) is 0 Å². The molecule has 98 valence electrons. The number of hydrogen-bond donors (Lipinski definition) is 1. The number of nitro benzene ring substituents is 1. The van der Waals surface area contributed by atoms with Crippen LogP contribution in [0, 0.1) is 17.0 Å². The van der Waals surface area contributed by atoms with Crippen molar-refractivity contribution in [3.63, 3.8) is 0 Å². The van der Waals surface area contributed by atoms with Gasteiger partial charge in [-0.25, -0.2) is 0 Å². The Morgan fingerprint density at radius 3 is 2.78 bits per heavy atom. The quantitative estimate of drug-likeness (QED) is 0.380. The third kappa shape index (κ3) is 3.80. The Bertz CT molecular complexity index is 449. The molecule has 0 unspecified atom stereocenters. The topological polar surface area (TPSA) is 72.2 Å². The van der Waals surface area contributed by atoms with Crippen molar-refractivity contribution >= 4 is 27.5 Å². The van der Waals surface area contributed by atoms with Crippen molar-refractivity contribution in [2.45, 2.75) is 19.8 Å². The van der Waals surface area contributed by atoms with Crippen molar-refractivity contribution in [1.82, 2.24) is 5.32 Å². The minimum absolute atomic E-state index is 0.145. The summed E-state index contributed by atoms with van der Waals surface area (Å²) in [5.74, 6) is -0.380. The first-order valence-corrected chi connectivity index (χ1v) is 6.78. The smallest absolute Gasteiger partial charge is 0.282 e. The van der Waals surface area contributed by atoms with Crippen LogP contribution in [0.15, 0.2) is 18.2 Å². The lowest BCUT2D eigenvalue weighted by atomic mass is 10.1. The maximum Gasteiger partial charge on any atom is 0.282 e. The van der Waals surface area contributed by atoms with E-state index >= 15 is 0 Å². The normalized spacial score (nSPS) is 10.1. The second-order valence-electron chi connectivity index (χ2n) is 3.88. The molecule has 1 rings (SSSR count). The van der Waals surface area contributed by atoms with Crippen molar-refractivity contribution in [3.05, 3.63) is 39.4 Å². The van der Waals surface area contributed by atoms with E-state index in [9.17, 15) is 14.9 Å². The van der Waals surface area contributed by atoms with Crippen LogP contribution in [0.3, 0.4) is 0 Å². The molecular weight excluding hydrogens is 300 g/mol. The van der Waals surface area contributed by atoms with Crippen LogP contribution in [-0.2, 0) is 0 Å². The zero-order chi connectivity index (χ0) is 13.5. The number of unbranched alkanes of at least 4 members (excludes halogenated alkanes) is 1. The number of hydrogen-bond acceptors (Lipinski definition) is 3. The third-order valence-electron chi connectivity index (χ3n) is 2.52. The van der Waals surface area contributed by atoms with Gasteiger partial charge >= 0.3 is 0 Å². The summed E-state index contributed by atoms with van der Waals surface area (Å²) in [4.78, 5) is 22.3. The summed E-state index contributed by atoms with van der Waals surface area (Å²) in [6, 6.07) is 4.62. The van der Waals surface area contributed by atoms with E-state index in [1.807, 2.05) is 0 Å². The number of nitro groups is 1. The number of carbonyl (C=O) groups excluding carboxylic acids is 1. The van der Waals surface area contributed by atoms with Gasteiger partial charge in [0.15, 0.2) is 0 Å². The van der Waals surface area contributed by atoms with Gasteiger partial charge in [-0.1, -0.05) is 28.1 Å². The molecule has 0 aliphatic heterocycles. The molecule has 0 saturated carbocycles. The third-order valence-corrected chi connectivity index (χ3v) is 3.08. The number of amides is 1. The molecule has 1 amide bonds. The van der Waals surface area contributed by atoms with Gasteiger partial charge in [0.25, 0.3) is 11.6 Å². The second-order valence-corrected chi connectivity index (χ2v) is 4.67. The van der Waals surface area contributed by atoms with Crippen LogP contribution in [0.2, 0.25) is 0 Å². The lowest BCUT2D eigenvalue weighted by Crippen LogP contribution is -2.26. The molecule has 0 atom stereocenters. The number of aryl methyl sites for hydroxylation is 1. The second kappa shape index (κ2) is 7.10. The summed E-state index contributed by atoms with van der Waals surface area (Å²) < 4.78 is 0. The van der Waals surface area contributed by atoms with Crippen molar-refractivity contribution in [3.8, 4) is 0 Å². The molecule has 18 heavy (non-hydrogen) atoms. The van der Waals surface area contributed by atoms with Gasteiger partial charge in [0.05, 0.1) is 4.92 Å². The van der Waals surface area contributed by atoms with Crippen molar-refractivity contribution in [2.24, 2.45) is 0 Å². The molecule has 0 spiro atoms. The Kier molecular flexibility index (Phi) is 5.77. The lowest BCUT2D eigenvalue weighted by molar-refractivity contribution is -0.385. The van der Waals surface area contributed by atoms with E-state index in [1.165, 1.54) is 6.07 Å². The monoisotopic (exact) mass is 314 g/mol. The Labute approximate surface area is 114 Å². The number of benzene rings is 1. The molecule has 0 saturated heterocycles. The van der Waals surface area contributed by atoms with E-state index in [-0.39, 0.29) is 17.2 Å². The fraction of sp³-hybridized carbons (Fsp3) is 0.417. The largest absolute Gasteiger partial charge is 0.352 e. The van der Waals surface area contributed by atoms with Crippen molar-refractivity contribution in [2.75, 3.05) is 11.9 Å². The summed E-state index contributed by atoms with van der Waals surface area (Å²) in [6.45, 7) is 2.22. The molecule has 0 bridgehead atoms. The van der Waals surface area contributed by atoms with Gasteiger partial charge in [-0.2, -0.15) is 0 Å². The Balaban J connectivity index is 2.81. The minimum Gasteiger partial charge on any atom is -0.352 e. The van der Waals surface area contributed by atoms with E-state index in [4.69, 9.17) is 0 Å². The molecule has 1 aromatic carbocycles. The fourth-order valence-corrected chi connectivity index (χ4v) is 2.01. The predicted octanol–water partition coefficient (Wildman–Crippen LogP) is 2.81. The summed E-state index contributed by atoms with van der Waals surface area (Å²) in [5, 5.41) is 14.5. The zero-order valence-electron chi connectivity index (χ0n) is 10.1. The fourth-order valence-electron chi connectivity index (χ4n) is 1.61. The molecule has 1 N–H and O–H groups in total. The molecule has 0 aliphatic rings. The average molecular weight is 315 g/mol. The predicted molar refractivity (Wildman–Crippen MR) is 73.2 cm³/mol. The van der Waals surface area contributed by atoms with Crippen LogP contribution in [0.25, 0.3) is 0 Å². The Hall–Kier alpha value is -1.43. The van der Waals surface area contributed by atoms with Crippen LogP contribution in [0.5, 0.6) is 0 Å². The SMILES string of the molecule is Cc1cccc([N+](=O)[O-])c1C(=O)NCCCCBr. The highest BCUT2D eigenvalue weighted by molar-refractivity contribution is 9.09. The number of nitrogens with zero attached hydrogens (tertiary/aromatic N) is 1. The summed E-state index contributed by atoms with van der Waals surface area (Å²) in [5.41, 5.74) is 0.622. The van der Waals surface area contributed by atoms with Crippen LogP contribution in [0.1, 0.15) is 28.8 Å². The molecule has 1 aromatic rings. The molecule has 6 heteroatoms. The van der Waals surface area contributed by atoms with E-state index in [0.29, 0.717) is 12.1 Å². The highest BCUT2D eigenvalue weighted by Crippen LogP contribution is 2.21. The number of rotatable bonds is 6. The minimum atomic E-state index is -0.527. The standard InChI is InChI=1S/C12H15BrN2O3/c1-9-5-4-6-10(15(17)18)11(9)12(16)14-8-3-2-7-13/h4-6H,2-3,7-8H2,1H3,(H,14,16). The van der Waals surface area contributed by atoms with E-state index in [1.54, 1.807) is 19.1 Å². The van der Waals surface area contributed by atoms with Crippen LogP contribution < -0.4 is 5.32 Å². The van der Waals surface area contributed by atoms with Gasteiger partial charge in [-0.05, 0) is 25.3 Å². The average Bonchev–Trinajstić information content (AvgIpc) is 2.34. The Morgan fingerprint density at radius 2 is 2.17 bits per heavy atom.